The summed E-state index contributed by atoms with van der Waals surface area (Å²) in [5.74, 6) is -0.933. The van der Waals surface area contributed by atoms with Crippen LogP contribution in [0.2, 0.25) is 0 Å². The van der Waals surface area contributed by atoms with Gasteiger partial charge < -0.3 is 5.73 Å². The van der Waals surface area contributed by atoms with Crippen LogP contribution >= 0.6 is 0 Å². The third-order valence-electron chi connectivity index (χ3n) is 2.08. The lowest BCUT2D eigenvalue weighted by molar-refractivity contribution is 0.557. The van der Waals surface area contributed by atoms with E-state index in [1.807, 2.05) is 0 Å². The van der Waals surface area contributed by atoms with Crippen molar-refractivity contribution in [2.24, 2.45) is 0 Å². The zero-order valence-electron chi connectivity index (χ0n) is 9.04. The van der Waals surface area contributed by atoms with Crippen molar-refractivity contribution in [3.63, 3.8) is 0 Å². The van der Waals surface area contributed by atoms with Crippen LogP contribution in [0.25, 0.3) is 0 Å². The van der Waals surface area contributed by atoms with Crippen LogP contribution in [-0.4, -0.2) is 18.4 Å². The topological polar surface area (TPSA) is 98.0 Å². The molecule has 0 amide bonds. The van der Waals surface area contributed by atoms with Gasteiger partial charge in [0.15, 0.2) is 5.82 Å². The number of sulfonamides is 1. The molecule has 0 radical (unpaired) electrons. The number of rotatable bonds is 3. The molecule has 0 aliphatic carbocycles. The van der Waals surface area contributed by atoms with E-state index in [4.69, 9.17) is 5.73 Å². The standard InChI is InChI=1S/C10H9FN4O2S/c11-7-2-1-4-14-10(7)18(16,17)15-9-3-5-13-6-8(9)12/h1-6H,12H2,(H,13,15). The van der Waals surface area contributed by atoms with E-state index in [1.165, 1.54) is 30.7 Å². The molecule has 0 aromatic carbocycles. The van der Waals surface area contributed by atoms with Crippen molar-refractivity contribution in [3.8, 4) is 0 Å². The van der Waals surface area contributed by atoms with Crippen molar-refractivity contribution in [1.82, 2.24) is 9.97 Å². The third kappa shape index (κ3) is 2.38. The monoisotopic (exact) mass is 268 g/mol. The van der Waals surface area contributed by atoms with Gasteiger partial charge in [0.1, 0.15) is 0 Å². The van der Waals surface area contributed by atoms with Gasteiger partial charge in [0.2, 0.25) is 5.03 Å². The number of hydrogen-bond donors (Lipinski definition) is 2. The molecule has 6 nitrogen and oxygen atoms in total. The third-order valence-corrected chi connectivity index (χ3v) is 3.37. The number of nitrogens with two attached hydrogens (primary N) is 1. The minimum Gasteiger partial charge on any atom is -0.396 e. The minimum absolute atomic E-state index is 0.120. The molecule has 2 rings (SSSR count). The molecule has 0 aliphatic rings. The maximum atomic E-state index is 13.4. The number of nitrogens with one attached hydrogen (secondary N) is 1. The maximum Gasteiger partial charge on any atom is 0.282 e. The number of pyridine rings is 2. The van der Waals surface area contributed by atoms with Crippen LogP contribution in [0.15, 0.2) is 41.8 Å². The van der Waals surface area contributed by atoms with E-state index in [1.54, 1.807) is 0 Å². The molecule has 2 heterocycles. The van der Waals surface area contributed by atoms with Crippen LogP contribution in [0.5, 0.6) is 0 Å². The molecule has 0 aliphatic heterocycles. The van der Waals surface area contributed by atoms with Gasteiger partial charge in [-0.1, -0.05) is 0 Å². The van der Waals surface area contributed by atoms with Gasteiger partial charge in [0.05, 0.1) is 17.6 Å². The highest BCUT2D eigenvalue weighted by Crippen LogP contribution is 2.20. The highest BCUT2D eigenvalue weighted by atomic mass is 32.2. The molecule has 0 saturated heterocycles. The molecule has 8 heteroatoms. The van der Waals surface area contributed by atoms with E-state index in [-0.39, 0.29) is 11.4 Å². The van der Waals surface area contributed by atoms with Crippen molar-refractivity contribution in [2.75, 3.05) is 10.5 Å². The average Bonchev–Trinajstić information content (AvgIpc) is 2.32. The van der Waals surface area contributed by atoms with E-state index in [9.17, 15) is 12.8 Å². The van der Waals surface area contributed by atoms with E-state index >= 15 is 0 Å². The van der Waals surface area contributed by atoms with E-state index in [0.717, 1.165) is 6.07 Å². The quantitative estimate of drug-likeness (QED) is 0.865. The first-order chi connectivity index (χ1) is 8.50. The first kappa shape index (κ1) is 12.2. The van der Waals surface area contributed by atoms with Gasteiger partial charge in [-0.05, 0) is 18.2 Å². The minimum atomic E-state index is -4.11. The molecule has 2 aromatic heterocycles. The number of nitrogen functional groups attached to an aromatic ring is 1. The summed E-state index contributed by atoms with van der Waals surface area (Å²) < 4.78 is 39.3. The fourth-order valence-corrected chi connectivity index (χ4v) is 2.36. The second kappa shape index (κ2) is 4.57. The zero-order valence-corrected chi connectivity index (χ0v) is 9.86. The largest absolute Gasteiger partial charge is 0.396 e. The summed E-state index contributed by atoms with van der Waals surface area (Å²) in [6.07, 6.45) is 3.84. The van der Waals surface area contributed by atoms with Crippen LogP contribution in [0, 0.1) is 5.82 Å². The Morgan fingerprint density at radius 1 is 1.28 bits per heavy atom. The first-order valence-corrected chi connectivity index (χ1v) is 6.32. The van der Waals surface area contributed by atoms with Gasteiger partial charge in [-0.2, -0.15) is 8.42 Å². The van der Waals surface area contributed by atoms with Crippen molar-refractivity contribution < 1.29 is 12.8 Å². The Bertz CT molecular complexity index is 675. The van der Waals surface area contributed by atoms with E-state index < -0.39 is 20.9 Å². The lowest BCUT2D eigenvalue weighted by atomic mass is 10.4. The fourth-order valence-electron chi connectivity index (χ4n) is 1.26. The number of anilines is 2. The average molecular weight is 268 g/mol. The van der Waals surface area contributed by atoms with Gasteiger partial charge in [0.25, 0.3) is 10.0 Å². The molecule has 18 heavy (non-hydrogen) atoms. The van der Waals surface area contributed by atoms with Crippen molar-refractivity contribution in [2.45, 2.75) is 5.03 Å². The van der Waals surface area contributed by atoms with E-state index in [2.05, 4.69) is 14.7 Å². The van der Waals surface area contributed by atoms with Gasteiger partial charge in [0, 0.05) is 12.4 Å². The van der Waals surface area contributed by atoms with Crippen molar-refractivity contribution in [1.29, 1.82) is 0 Å². The number of hydrogen-bond acceptors (Lipinski definition) is 5. The number of aromatic nitrogens is 2. The summed E-state index contributed by atoms with van der Waals surface area (Å²) in [6, 6.07) is 3.68. The molecule has 0 atom stereocenters. The van der Waals surface area contributed by atoms with Crippen molar-refractivity contribution >= 4 is 21.4 Å². The predicted molar refractivity (Wildman–Crippen MR) is 63.7 cm³/mol. The molecular weight excluding hydrogens is 259 g/mol. The number of nitrogens with zero attached hydrogens (tertiary/aromatic N) is 2. The molecule has 3 N–H and O–H groups in total. The van der Waals surface area contributed by atoms with Gasteiger partial charge in [-0.25, -0.2) is 9.37 Å². The Labute approximate surface area is 103 Å². The number of halogens is 1. The molecule has 0 saturated carbocycles. The molecule has 0 fully saturated rings. The summed E-state index contributed by atoms with van der Waals surface area (Å²) >= 11 is 0. The first-order valence-electron chi connectivity index (χ1n) is 4.83. The molecule has 0 unspecified atom stereocenters. The molecule has 0 bridgehead atoms. The zero-order chi connectivity index (χ0) is 13.2. The second-order valence-electron chi connectivity index (χ2n) is 3.36. The normalized spacial score (nSPS) is 11.2. The lowest BCUT2D eigenvalue weighted by Crippen LogP contribution is -2.17. The van der Waals surface area contributed by atoms with E-state index in [0.29, 0.717) is 0 Å². The molecule has 0 spiro atoms. The predicted octanol–water partition coefficient (Wildman–Crippen LogP) is 0.999. The van der Waals surface area contributed by atoms with Gasteiger partial charge in [-0.3, -0.25) is 9.71 Å². The molecule has 2 aromatic rings. The smallest absolute Gasteiger partial charge is 0.282 e. The lowest BCUT2D eigenvalue weighted by Gasteiger charge is -2.09. The molecular formula is C10H9FN4O2S. The van der Waals surface area contributed by atoms with Crippen LogP contribution in [0.3, 0.4) is 0 Å². The van der Waals surface area contributed by atoms with Crippen molar-refractivity contribution in [3.05, 3.63) is 42.6 Å². The Hall–Kier alpha value is -2.22. The van der Waals surface area contributed by atoms with Crippen LogP contribution in [-0.2, 0) is 10.0 Å². The van der Waals surface area contributed by atoms with Crippen LogP contribution in [0.4, 0.5) is 15.8 Å². The summed E-state index contributed by atoms with van der Waals surface area (Å²) in [4.78, 5) is 7.21. The summed E-state index contributed by atoms with van der Waals surface area (Å²) in [7, 11) is -4.11. The van der Waals surface area contributed by atoms with Gasteiger partial charge >= 0.3 is 0 Å². The SMILES string of the molecule is Nc1cnccc1NS(=O)(=O)c1ncccc1F. The Morgan fingerprint density at radius 2 is 2.06 bits per heavy atom. The maximum absolute atomic E-state index is 13.4. The Balaban J connectivity index is 2.40. The fraction of sp³-hybridized carbons (Fsp3) is 0. The highest BCUT2D eigenvalue weighted by molar-refractivity contribution is 7.92. The van der Waals surface area contributed by atoms with Gasteiger partial charge in [-0.15, -0.1) is 0 Å². The van der Waals surface area contributed by atoms with Crippen LogP contribution in [0.1, 0.15) is 0 Å². The summed E-state index contributed by atoms with van der Waals surface area (Å²) in [5.41, 5.74) is 5.80. The second-order valence-corrected chi connectivity index (χ2v) is 4.96. The Kier molecular flexibility index (Phi) is 3.11. The van der Waals surface area contributed by atoms with Crippen LogP contribution < -0.4 is 10.5 Å². The molecule has 94 valence electrons. The highest BCUT2D eigenvalue weighted by Gasteiger charge is 2.21. The Morgan fingerprint density at radius 3 is 2.72 bits per heavy atom. The summed E-state index contributed by atoms with van der Waals surface area (Å²) in [5, 5.41) is -0.679. The summed E-state index contributed by atoms with van der Waals surface area (Å²) in [6.45, 7) is 0.